The molecule has 1 aliphatic rings. The van der Waals surface area contributed by atoms with Gasteiger partial charge in [0.05, 0.1) is 17.7 Å². The highest BCUT2D eigenvalue weighted by atomic mass is 35.5. The van der Waals surface area contributed by atoms with Crippen LogP contribution in [-0.2, 0) is 12.7 Å². The van der Waals surface area contributed by atoms with Gasteiger partial charge in [0.1, 0.15) is 5.82 Å². The zero-order chi connectivity index (χ0) is 18.7. The van der Waals surface area contributed by atoms with E-state index in [-0.39, 0.29) is 24.8 Å². The van der Waals surface area contributed by atoms with Gasteiger partial charge in [0, 0.05) is 6.54 Å². The summed E-state index contributed by atoms with van der Waals surface area (Å²) < 4.78 is 61.9. The molecule has 3 nitrogen and oxygen atoms in total. The number of alkyl halides is 3. The van der Waals surface area contributed by atoms with Gasteiger partial charge in [-0.25, -0.2) is 4.39 Å². The highest BCUT2D eigenvalue weighted by Gasteiger charge is 2.31. The van der Waals surface area contributed by atoms with Crippen LogP contribution in [0.4, 0.5) is 17.6 Å². The van der Waals surface area contributed by atoms with Gasteiger partial charge in [0.15, 0.2) is 11.5 Å². The van der Waals surface area contributed by atoms with Gasteiger partial charge >= 0.3 is 6.18 Å². The zero-order valence-corrected chi connectivity index (χ0v) is 15.1. The quantitative estimate of drug-likeness (QED) is 0.559. The average Bonchev–Trinajstić information content (AvgIpc) is 3.03. The third-order valence-electron chi connectivity index (χ3n) is 3.76. The Bertz CT molecular complexity index is 874. The Morgan fingerprint density at radius 3 is 2.52 bits per heavy atom. The van der Waals surface area contributed by atoms with Crippen molar-refractivity contribution >= 4 is 12.4 Å². The summed E-state index contributed by atoms with van der Waals surface area (Å²) in [6.07, 6.45) is -4.57. The van der Waals surface area contributed by atoms with Crippen molar-refractivity contribution in [3.63, 3.8) is 0 Å². The molecular formula is C19H16ClF4NO2. The molecule has 8 heteroatoms. The molecular weight excluding hydrogens is 386 g/mol. The fourth-order valence-electron chi connectivity index (χ4n) is 2.47. The number of rotatable bonds is 3. The summed E-state index contributed by atoms with van der Waals surface area (Å²) in [5.41, 5.74) is -0.0887. The number of ether oxygens (including phenoxy) is 2. The summed E-state index contributed by atoms with van der Waals surface area (Å²) in [6, 6.07) is 7.94. The van der Waals surface area contributed by atoms with E-state index in [0.717, 1.165) is 17.7 Å². The second-order valence-electron chi connectivity index (χ2n) is 5.85. The van der Waals surface area contributed by atoms with E-state index in [4.69, 9.17) is 9.47 Å². The van der Waals surface area contributed by atoms with Crippen LogP contribution in [0.2, 0.25) is 0 Å². The molecule has 2 aromatic rings. The van der Waals surface area contributed by atoms with Crippen molar-refractivity contribution in [1.29, 1.82) is 0 Å². The molecule has 0 atom stereocenters. The Balaban J connectivity index is 0.00000261. The summed E-state index contributed by atoms with van der Waals surface area (Å²) in [5.74, 6) is 5.75. The van der Waals surface area contributed by atoms with Gasteiger partial charge in [0.25, 0.3) is 0 Å². The Kier molecular flexibility index (Phi) is 6.58. The Morgan fingerprint density at radius 2 is 1.81 bits per heavy atom. The van der Waals surface area contributed by atoms with Crippen molar-refractivity contribution in [3.05, 3.63) is 58.9 Å². The first-order chi connectivity index (χ1) is 12.3. The predicted octanol–water partition coefficient (Wildman–Crippen LogP) is 4.48. The van der Waals surface area contributed by atoms with Crippen molar-refractivity contribution in [2.24, 2.45) is 0 Å². The number of hydrogen-bond donors (Lipinski definition) is 0. The Morgan fingerprint density at radius 1 is 1.07 bits per heavy atom. The normalized spacial score (nSPS) is 12.4. The van der Waals surface area contributed by atoms with Gasteiger partial charge < -0.3 is 9.47 Å². The molecule has 0 spiro atoms. The summed E-state index contributed by atoms with van der Waals surface area (Å²) in [6.45, 7) is 1.12. The van der Waals surface area contributed by atoms with E-state index < -0.39 is 17.6 Å². The van der Waals surface area contributed by atoms with E-state index in [9.17, 15) is 17.6 Å². The maximum Gasteiger partial charge on any atom is 0.416 e. The van der Waals surface area contributed by atoms with Crippen LogP contribution in [0.5, 0.6) is 11.5 Å². The smallest absolute Gasteiger partial charge is 0.416 e. The van der Waals surface area contributed by atoms with Crippen LogP contribution in [0.1, 0.15) is 16.7 Å². The van der Waals surface area contributed by atoms with Crippen LogP contribution in [-0.4, -0.2) is 25.3 Å². The molecule has 0 amide bonds. The fraction of sp³-hybridized carbons (Fsp3) is 0.263. The van der Waals surface area contributed by atoms with Crippen molar-refractivity contribution in [2.45, 2.75) is 12.7 Å². The van der Waals surface area contributed by atoms with Gasteiger partial charge in [-0.3, -0.25) is 4.90 Å². The molecule has 0 radical (unpaired) electrons. The van der Waals surface area contributed by atoms with Gasteiger partial charge in [0.2, 0.25) is 6.79 Å². The van der Waals surface area contributed by atoms with Crippen LogP contribution in [0, 0.1) is 17.7 Å². The average molecular weight is 402 g/mol. The van der Waals surface area contributed by atoms with Crippen molar-refractivity contribution in [1.82, 2.24) is 4.90 Å². The monoisotopic (exact) mass is 401 g/mol. The number of hydrogen-bond acceptors (Lipinski definition) is 3. The van der Waals surface area contributed by atoms with Gasteiger partial charge in [-0.05, 0) is 42.9 Å². The third kappa shape index (κ3) is 5.28. The molecule has 0 bridgehead atoms. The lowest BCUT2D eigenvalue weighted by Gasteiger charge is -2.13. The molecule has 3 rings (SSSR count). The molecule has 1 heterocycles. The first-order valence-electron chi connectivity index (χ1n) is 7.75. The highest BCUT2D eigenvalue weighted by molar-refractivity contribution is 5.85. The third-order valence-corrected chi connectivity index (χ3v) is 3.76. The second-order valence-corrected chi connectivity index (χ2v) is 5.85. The second kappa shape index (κ2) is 8.51. The predicted molar refractivity (Wildman–Crippen MR) is 94.4 cm³/mol. The van der Waals surface area contributed by atoms with Gasteiger partial charge in [-0.1, -0.05) is 17.9 Å². The van der Waals surface area contributed by atoms with Crippen molar-refractivity contribution < 1.29 is 27.0 Å². The fourth-order valence-corrected chi connectivity index (χ4v) is 2.47. The summed E-state index contributed by atoms with van der Waals surface area (Å²) in [5, 5.41) is 0. The molecule has 0 aromatic heterocycles. The minimum atomic E-state index is -4.57. The van der Waals surface area contributed by atoms with Crippen LogP contribution >= 0.6 is 12.4 Å². The van der Waals surface area contributed by atoms with E-state index >= 15 is 0 Å². The zero-order valence-electron chi connectivity index (χ0n) is 14.3. The van der Waals surface area contributed by atoms with Crippen LogP contribution < -0.4 is 9.47 Å². The van der Waals surface area contributed by atoms with E-state index in [1.54, 1.807) is 0 Å². The number of nitrogens with zero attached hydrogens (tertiary/aromatic N) is 1. The summed E-state index contributed by atoms with van der Waals surface area (Å²) >= 11 is 0. The minimum absolute atomic E-state index is 0. The summed E-state index contributed by atoms with van der Waals surface area (Å²) in [7, 11) is 1.84. The summed E-state index contributed by atoms with van der Waals surface area (Å²) in [4.78, 5) is 1.90. The molecule has 27 heavy (non-hydrogen) atoms. The maximum absolute atomic E-state index is 13.7. The Labute approximate surface area is 160 Å². The molecule has 1 aliphatic heterocycles. The molecule has 0 fully saturated rings. The standard InChI is InChI=1S/C19H15F4NO2.ClH/c1-24(11-13-4-7-17-18(9-13)26-12-25-17)8-2-3-14-5-6-15(10-16(14)20)19(21,22)23;/h4-7,9-10H,8,11-12H2,1H3;1H. The number of fused-ring (bicyclic) bond motifs is 1. The lowest BCUT2D eigenvalue weighted by molar-refractivity contribution is -0.137. The van der Waals surface area contributed by atoms with E-state index in [1.165, 1.54) is 0 Å². The SMILES string of the molecule is CN(CC#Cc1ccc(C(F)(F)F)cc1F)Cc1ccc2c(c1)OCO2.Cl. The largest absolute Gasteiger partial charge is 0.454 e. The molecule has 0 aliphatic carbocycles. The molecule has 0 saturated carbocycles. The van der Waals surface area contributed by atoms with Crippen molar-refractivity contribution in [2.75, 3.05) is 20.4 Å². The molecule has 0 N–H and O–H groups in total. The van der Waals surface area contributed by atoms with Crippen LogP contribution in [0.25, 0.3) is 0 Å². The lowest BCUT2D eigenvalue weighted by atomic mass is 10.1. The van der Waals surface area contributed by atoms with Crippen molar-refractivity contribution in [3.8, 4) is 23.3 Å². The lowest BCUT2D eigenvalue weighted by Crippen LogP contribution is -2.17. The van der Waals surface area contributed by atoms with Crippen LogP contribution in [0.15, 0.2) is 36.4 Å². The first kappa shape index (κ1) is 20.9. The van der Waals surface area contributed by atoms with E-state index in [1.807, 2.05) is 30.1 Å². The molecule has 2 aromatic carbocycles. The maximum atomic E-state index is 13.7. The minimum Gasteiger partial charge on any atom is -0.454 e. The van der Waals surface area contributed by atoms with E-state index in [0.29, 0.717) is 30.7 Å². The molecule has 144 valence electrons. The molecule has 0 saturated heterocycles. The van der Waals surface area contributed by atoms with Gasteiger partial charge in [-0.15, -0.1) is 12.4 Å². The number of halogens is 5. The Hall–Kier alpha value is -2.43. The highest BCUT2D eigenvalue weighted by Crippen LogP contribution is 2.32. The number of benzene rings is 2. The topological polar surface area (TPSA) is 21.7 Å². The van der Waals surface area contributed by atoms with Gasteiger partial charge in [-0.2, -0.15) is 13.2 Å². The molecule has 0 unspecified atom stereocenters. The first-order valence-corrected chi connectivity index (χ1v) is 7.75. The van der Waals surface area contributed by atoms with E-state index in [2.05, 4.69) is 11.8 Å². The van der Waals surface area contributed by atoms with Crippen LogP contribution in [0.3, 0.4) is 0 Å².